The summed E-state index contributed by atoms with van der Waals surface area (Å²) in [7, 11) is 0. The van der Waals surface area contributed by atoms with E-state index in [9.17, 15) is 5.26 Å². The molecule has 1 heterocycles. The van der Waals surface area contributed by atoms with Crippen LogP contribution in [-0.4, -0.2) is 4.98 Å². The molecular formula is C56H32N2. The zero-order chi connectivity index (χ0) is 38.3. The molecule has 0 bridgehead atoms. The minimum atomic E-state index is 0.613. The molecule has 2 heteroatoms. The maximum Gasteiger partial charge on any atom is 0.0991 e. The van der Waals surface area contributed by atoms with Crippen LogP contribution in [-0.2, 0) is 0 Å². The molecule has 0 spiro atoms. The van der Waals surface area contributed by atoms with E-state index in [4.69, 9.17) is 4.98 Å². The lowest BCUT2D eigenvalue weighted by molar-refractivity contribution is 1.40. The maximum atomic E-state index is 9.86. The Morgan fingerprint density at radius 1 is 0.293 bits per heavy atom. The molecule has 0 N–H and O–H groups in total. The van der Waals surface area contributed by atoms with Gasteiger partial charge in [-0.05, 0) is 129 Å². The summed E-state index contributed by atoms with van der Waals surface area (Å²) in [5.41, 5.74) is 7.87. The van der Waals surface area contributed by atoms with Gasteiger partial charge in [-0.15, -0.1) is 0 Å². The van der Waals surface area contributed by atoms with Crippen molar-refractivity contribution in [1.82, 2.24) is 4.98 Å². The predicted molar refractivity (Wildman–Crippen MR) is 245 cm³/mol. The van der Waals surface area contributed by atoms with Crippen molar-refractivity contribution in [2.24, 2.45) is 0 Å². The topological polar surface area (TPSA) is 36.7 Å². The lowest BCUT2D eigenvalue weighted by Crippen LogP contribution is -1.94. The quantitative estimate of drug-likeness (QED) is 0.170. The zero-order valence-electron chi connectivity index (χ0n) is 31.4. The number of pyridine rings is 1. The summed E-state index contributed by atoms with van der Waals surface area (Å²) in [6, 6.07) is 72.3. The first kappa shape index (κ1) is 32.4. The van der Waals surface area contributed by atoms with E-state index in [1.54, 1.807) is 0 Å². The molecule has 0 fully saturated rings. The van der Waals surface area contributed by atoms with Crippen LogP contribution < -0.4 is 0 Å². The number of hydrogen-bond acceptors (Lipinski definition) is 2. The molecule has 12 rings (SSSR count). The molecule has 1 aromatic heterocycles. The number of rotatable bonds is 3. The van der Waals surface area contributed by atoms with Gasteiger partial charge in [0.05, 0.1) is 22.8 Å². The van der Waals surface area contributed by atoms with Gasteiger partial charge in [-0.3, -0.25) is 0 Å². The Morgan fingerprint density at radius 2 is 0.707 bits per heavy atom. The predicted octanol–water partition coefficient (Wildman–Crippen LogP) is 15.2. The Bertz CT molecular complexity index is 3690. The fourth-order valence-corrected chi connectivity index (χ4v) is 9.58. The van der Waals surface area contributed by atoms with Crippen molar-refractivity contribution in [3.63, 3.8) is 0 Å². The van der Waals surface area contributed by atoms with Crippen LogP contribution in [0.15, 0.2) is 194 Å². The van der Waals surface area contributed by atoms with E-state index in [1.165, 1.54) is 75.8 Å². The third-order valence-electron chi connectivity index (χ3n) is 12.2. The van der Waals surface area contributed by atoms with Gasteiger partial charge in [-0.2, -0.15) is 5.26 Å². The van der Waals surface area contributed by atoms with Crippen LogP contribution in [0, 0.1) is 11.3 Å². The van der Waals surface area contributed by atoms with Gasteiger partial charge >= 0.3 is 0 Å². The monoisotopic (exact) mass is 732 g/mol. The van der Waals surface area contributed by atoms with Crippen LogP contribution in [0.3, 0.4) is 0 Å². The van der Waals surface area contributed by atoms with E-state index in [0.29, 0.717) is 5.56 Å². The number of nitriles is 1. The Hall–Kier alpha value is -7.86. The van der Waals surface area contributed by atoms with Crippen LogP contribution in [0.5, 0.6) is 0 Å². The molecule has 0 aliphatic heterocycles. The average Bonchev–Trinajstić information content (AvgIpc) is 3.31. The van der Waals surface area contributed by atoms with Crippen molar-refractivity contribution in [2.45, 2.75) is 0 Å². The molecule has 0 radical (unpaired) electrons. The highest BCUT2D eigenvalue weighted by Crippen LogP contribution is 2.44. The first-order valence-electron chi connectivity index (χ1n) is 19.8. The summed E-state index contributed by atoms with van der Waals surface area (Å²) in [4.78, 5) is 5.44. The summed E-state index contributed by atoms with van der Waals surface area (Å²) < 4.78 is 0. The molecule has 0 saturated heterocycles. The fraction of sp³-hybridized carbons (Fsp3) is 0. The second kappa shape index (κ2) is 12.6. The summed E-state index contributed by atoms with van der Waals surface area (Å²) in [6.07, 6.45) is 0. The van der Waals surface area contributed by atoms with E-state index in [2.05, 4.69) is 182 Å². The molecule has 0 atom stereocenters. The number of nitrogens with zero attached hydrogens (tertiary/aromatic N) is 2. The minimum Gasteiger partial charge on any atom is -0.247 e. The standard InChI is InChI=1S/C56H32N2/c57-33-34-12-11-13-37(28-34)55-32-51(36-25-27-48-43-19-4-2-15-39(43)41-17-6-8-21-45(41)53(48)30-36)54-31-50(46-22-9-10-23-49(46)56(54)58-55)35-24-26-47-42-18-3-1-14-38(42)40-16-5-7-20-44(40)52(47)29-35/h1-32H. The van der Waals surface area contributed by atoms with Crippen LogP contribution >= 0.6 is 0 Å². The van der Waals surface area contributed by atoms with E-state index in [1.807, 2.05) is 18.2 Å². The third kappa shape index (κ3) is 4.81. The molecule has 0 amide bonds. The summed E-state index contributed by atoms with van der Waals surface area (Å²) in [5.74, 6) is 0. The van der Waals surface area contributed by atoms with Gasteiger partial charge < -0.3 is 0 Å². The van der Waals surface area contributed by atoms with Gasteiger partial charge in [0.15, 0.2) is 0 Å². The van der Waals surface area contributed by atoms with Crippen molar-refractivity contribution in [3.05, 3.63) is 200 Å². The largest absolute Gasteiger partial charge is 0.247 e. The molecule has 0 unspecified atom stereocenters. The Balaban J connectivity index is 1.19. The van der Waals surface area contributed by atoms with Crippen LogP contribution in [0.4, 0.5) is 0 Å². The fourth-order valence-electron chi connectivity index (χ4n) is 9.58. The summed E-state index contributed by atoms with van der Waals surface area (Å²) in [6.45, 7) is 0. The molecular weight excluding hydrogens is 701 g/mol. The van der Waals surface area contributed by atoms with Crippen molar-refractivity contribution in [3.8, 4) is 39.6 Å². The number of hydrogen-bond donors (Lipinski definition) is 0. The highest BCUT2D eigenvalue weighted by Gasteiger charge is 2.19. The van der Waals surface area contributed by atoms with E-state index >= 15 is 0 Å². The normalized spacial score (nSPS) is 11.8. The van der Waals surface area contributed by atoms with Gasteiger partial charge in [0.25, 0.3) is 0 Å². The molecule has 12 aromatic rings. The summed E-state index contributed by atoms with van der Waals surface area (Å²) in [5, 5.41) is 28.2. The minimum absolute atomic E-state index is 0.613. The van der Waals surface area contributed by atoms with Gasteiger partial charge in [0.1, 0.15) is 0 Å². The Kier molecular flexibility index (Phi) is 7.03. The highest BCUT2D eigenvalue weighted by molar-refractivity contribution is 6.28. The second-order valence-electron chi connectivity index (χ2n) is 15.3. The molecule has 0 aliphatic carbocycles. The maximum absolute atomic E-state index is 9.86. The van der Waals surface area contributed by atoms with E-state index < -0.39 is 0 Å². The molecule has 0 saturated carbocycles. The third-order valence-corrected chi connectivity index (χ3v) is 12.2. The van der Waals surface area contributed by atoms with E-state index in [-0.39, 0.29) is 0 Å². The average molecular weight is 733 g/mol. The van der Waals surface area contributed by atoms with Gasteiger partial charge in [-0.25, -0.2) is 4.98 Å². The lowest BCUT2D eigenvalue weighted by Gasteiger charge is -2.17. The van der Waals surface area contributed by atoms with E-state index in [0.717, 1.165) is 44.1 Å². The van der Waals surface area contributed by atoms with Gasteiger partial charge in [0, 0.05) is 16.3 Å². The second-order valence-corrected chi connectivity index (χ2v) is 15.3. The SMILES string of the molecule is N#Cc1cccc(-c2cc(-c3ccc4c5ccccc5c5ccccc5c4c3)c3cc(-c4ccc5c6ccccc6c6ccccc6c5c4)c4ccccc4c3n2)c1. The van der Waals surface area contributed by atoms with Crippen LogP contribution in [0.1, 0.15) is 5.56 Å². The number of fused-ring (bicyclic) bond motifs is 15. The highest BCUT2D eigenvalue weighted by atomic mass is 14.7. The first-order valence-corrected chi connectivity index (χ1v) is 19.8. The van der Waals surface area contributed by atoms with Crippen LogP contribution in [0.25, 0.3) is 120 Å². The first-order chi connectivity index (χ1) is 28.7. The van der Waals surface area contributed by atoms with Crippen molar-refractivity contribution < 1.29 is 0 Å². The zero-order valence-corrected chi connectivity index (χ0v) is 31.4. The molecule has 0 aliphatic rings. The van der Waals surface area contributed by atoms with Crippen molar-refractivity contribution in [2.75, 3.05) is 0 Å². The van der Waals surface area contributed by atoms with Crippen LogP contribution in [0.2, 0.25) is 0 Å². The Labute approximate surface area is 334 Å². The smallest absolute Gasteiger partial charge is 0.0991 e. The molecule has 2 nitrogen and oxygen atoms in total. The molecule has 266 valence electrons. The van der Waals surface area contributed by atoms with Gasteiger partial charge in [-0.1, -0.05) is 158 Å². The lowest BCUT2D eigenvalue weighted by atomic mass is 9.88. The molecule has 58 heavy (non-hydrogen) atoms. The Morgan fingerprint density at radius 3 is 1.19 bits per heavy atom. The van der Waals surface area contributed by atoms with Crippen molar-refractivity contribution >= 4 is 86.3 Å². The van der Waals surface area contributed by atoms with Gasteiger partial charge in [0.2, 0.25) is 0 Å². The summed E-state index contributed by atoms with van der Waals surface area (Å²) >= 11 is 0. The van der Waals surface area contributed by atoms with Crippen molar-refractivity contribution in [1.29, 1.82) is 5.26 Å². The number of aromatic nitrogens is 1. The molecule has 11 aromatic carbocycles. The number of benzene rings is 11.